The first-order valence-corrected chi connectivity index (χ1v) is 8.42. The smallest absolute Gasteiger partial charge is 0.330 e. The molecule has 0 radical (unpaired) electrons. The molecule has 1 amide bonds. The topological polar surface area (TPSA) is 84.9 Å². The van der Waals surface area contributed by atoms with Crippen LogP contribution >= 0.6 is 0 Å². The predicted molar refractivity (Wildman–Crippen MR) is 95.6 cm³/mol. The number of carbonyl (C=O) groups excluding carboxylic acids is 1. The number of carboxylic acids is 1. The summed E-state index contributed by atoms with van der Waals surface area (Å²) in [5.41, 5.74) is 3.17. The number of benzene rings is 2. The van der Waals surface area contributed by atoms with E-state index in [1.807, 2.05) is 19.9 Å². The molecule has 2 aromatic carbocycles. The van der Waals surface area contributed by atoms with E-state index in [1.54, 1.807) is 30.3 Å². The van der Waals surface area contributed by atoms with Crippen molar-refractivity contribution in [3.8, 4) is 11.5 Å². The van der Waals surface area contributed by atoms with Gasteiger partial charge >= 0.3 is 5.97 Å². The Bertz CT molecular complexity index is 846. The van der Waals surface area contributed by atoms with Crippen molar-refractivity contribution < 1.29 is 24.2 Å². The number of nitrogens with one attached hydrogen (secondary N) is 1. The van der Waals surface area contributed by atoms with Gasteiger partial charge in [-0.3, -0.25) is 4.79 Å². The van der Waals surface area contributed by atoms with E-state index in [4.69, 9.17) is 9.47 Å². The number of carbonyl (C=O) groups is 2. The molecule has 0 aromatic heterocycles. The van der Waals surface area contributed by atoms with E-state index in [-0.39, 0.29) is 12.3 Å². The summed E-state index contributed by atoms with van der Waals surface area (Å²) >= 11 is 0. The summed E-state index contributed by atoms with van der Waals surface area (Å²) in [5, 5.41) is 12.2. The van der Waals surface area contributed by atoms with Crippen LogP contribution in [0.2, 0.25) is 0 Å². The van der Waals surface area contributed by atoms with Crippen LogP contribution in [0.1, 0.15) is 28.3 Å². The molecule has 136 valence electrons. The van der Waals surface area contributed by atoms with Gasteiger partial charge in [0.15, 0.2) is 17.5 Å². The number of aliphatic carboxylic acids is 1. The first-order valence-electron chi connectivity index (χ1n) is 8.42. The lowest BCUT2D eigenvalue weighted by molar-refractivity contribution is -0.142. The van der Waals surface area contributed by atoms with Crippen LogP contribution in [0.5, 0.6) is 11.5 Å². The van der Waals surface area contributed by atoms with Crippen LogP contribution in [0.3, 0.4) is 0 Å². The van der Waals surface area contributed by atoms with Gasteiger partial charge in [-0.2, -0.15) is 0 Å². The average Bonchev–Trinajstić information content (AvgIpc) is 2.62. The maximum atomic E-state index is 12.4. The van der Waals surface area contributed by atoms with Crippen LogP contribution in [-0.2, 0) is 16.0 Å². The number of aryl methyl sites for hydroxylation is 1. The van der Waals surface area contributed by atoms with E-state index in [2.05, 4.69) is 5.32 Å². The molecule has 1 atom stereocenters. The molecule has 0 saturated carbocycles. The summed E-state index contributed by atoms with van der Waals surface area (Å²) in [4.78, 5) is 24.1. The van der Waals surface area contributed by atoms with Gasteiger partial charge in [-0.15, -0.1) is 0 Å². The maximum absolute atomic E-state index is 12.4. The van der Waals surface area contributed by atoms with E-state index in [9.17, 15) is 14.7 Å². The number of amides is 1. The normalized spacial score (nSPS) is 13.8. The first-order chi connectivity index (χ1) is 12.5. The molecule has 0 bridgehead atoms. The summed E-state index contributed by atoms with van der Waals surface area (Å²) in [6.45, 7) is 4.74. The molecule has 26 heavy (non-hydrogen) atoms. The Morgan fingerprint density at radius 2 is 1.85 bits per heavy atom. The monoisotopic (exact) mass is 355 g/mol. The van der Waals surface area contributed by atoms with Gasteiger partial charge in [-0.25, -0.2) is 4.79 Å². The number of carboxylic acid groups (broad SMARTS) is 1. The minimum Gasteiger partial charge on any atom is -0.486 e. The second-order valence-electron chi connectivity index (χ2n) is 6.28. The maximum Gasteiger partial charge on any atom is 0.330 e. The van der Waals surface area contributed by atoms with Crippen LogP contribution in [0, 0.1) is 13.8 Å². The molecule has 1 unspecified atom stereocenters. The summed E-state index contributed by atoms with van der Waals surface area (Å²) in [6.07, 6.45) is 0.0608. The van der Waals surface area contributed by atoms with Crippen LogP contribution < -0.4 is 14.8 Å². The fourth-order valence-electron chi connectivity index (χ4n) is 2.95. The molecular weight excluding hydrogens is 334 g/mol. The van der Waals surface area contributed by atoms with Crippen molar-refractivity contribution in [3.63, 3.8) is 0 Å². The van der Waals surface area contributed by atoms with Gasteiger partial charge in [0.2, 0.25) is 5.91 Å². The minimum absolute atomic E-state index is 0.0608. The number of hydrogen-bond acceptors (Lipinski definition) is 4. The van der Waals surface area contributed by atoms with Crippen molar-refractivity contribution in [2.75, 3.05) is 13.2 Å². The lowest BCUT2D eigenvalue weighted by Gasteiger charge is -2.20. The number of hydrogen-bond donors (Lipinski definition) is 2. The van der Waals surface area contributed by atoms with Gasteiger partial charge in [-0.05, 0) is 48.2 Å². The van der Waals surface area contributed by atoms with E-state index < -0.39 is 12.0 Å². The predicted octanol–water partition coefficient (Wildman–Crippen LogP) is 2.56. The van der Waals surface area contributed by atoms with E-state index >= 15 is 0 Å². The van der Waals surface area contributed by atoms with Crippen molar-refractivity contribution in [2.45, 2.75) is 26.3 Å². The van der Waals surface area contributed by atoms with Crippen LogP contribution in [0.15, 0.2) is 36.4 Å². The highest BCUT2D eigenvalue weighted by Crippen LogP contribution is 2.31. The van der Waals surface area contributed by atoms with Crippen molar-refractivity contribution in [1.82, 2.24) is 5.32 Å². The molecule has 0 aliphatic carbocycles. The quantitative estimate of drug-likeness (QED) is 0.861. The van der Waals surface area contributed by atoms with Gasteiger partial charge in [0.1, 0.15) is 13.2 Å². The molecule has 6 nitrogen and oxygen atoms in total. The molecule has 3 rings (SSSR count). The zero-order chi connectivity index (χ0) is 18.7. The third-order valence-corrected chi connectivity index (χ3v) is 4.48. The number of ether oxygens (including phenoxy) is 2. The zero-order valence-electron chi connectivity index (χ0n) is 14.7. The fourth-order valence-corrected chi connectivity index (χ4v) is 2.95. The molecule has 1 heterocycles. The Balaban J connectivity index is 1.75. The lowest BCUT2D eigenvalue weighted by atomic mass is 9.97. The molecule has 0 fully saturated rings. The summed E-state index contributed by atoms with van der Waals surface area (Å²) in [6, 6.07) is 9.64. The van der Waals surface area contributed by atoms with Gasteiger partial charge in [0, 0.05) is 0 Å². The van der Waals surface area contributed by atoms with Gasteiger partial charge in [0.05, 0.1) is 6.42 Å². The molecule has 2 N–H and O–H groups in total. The van der Waals surface area contributed by atoms with E-state index in [0.29, 0.717) is 30.3 Å². The highest BCUT2D eigenvalue weighted by atomic mass is 16.6. The molecule has 1 aliphatic heterocycles. The van der Waals surface area contributed by atoms with E-state index in [0.717, 1.165) is 16.7 Å². The molecule has 2 aromatic rings. The van der Waals surface area contributed by atoms with Crippen LogP contribution in [0.4, 0.5) is 0 Å². The van der Waals surface area contributed by atoms with Crippen molar-refractivity contribution in [2.24, 2.45) is 0 Å². The Hall–Kier alpha value is -3.02. The van der Waals surface area contributed by atoms with Crippen molar-refractivity contribution in [3.05, 3.63) is 58.7 Å². The van der Waals surface area contributed by atoms with Gasteiger partial charge in [-0.1, -0.05) is 24.3 Å². The third kappa shape index (κ3) is 3.79. The third-order valence-electron chi connectivity index (χ3n) is 4.48. The fraction of sp³-hybridized carbons (Fsp3) is 0.300. The highest BCUT2D eigenvalue weighted by molar-refractivity contribution is 5.86. The van der Waals surface area contributed by atoms with Gasteiger partial charge < -0.3 is 19.9 Å². The second kappa shape index (κ2) is 7.47. The molecule has 0 saturated heterocycles. The molecular formula is C20H21NO5. The summed E-state index contributed by atoms with van der Waals surface area (Å²) in [7, 11) is 0. The SMILES string of the molecule is Cc1cccc(C(NC(=O)Cc2ccc3c(c2)OCCO3)C(=O)O)c1C. The van der Waals surface area contributed by atoms with Crippen molar-refractivity contribution >= 4 is 11.9 Å². The lowest BCUT2D eigenvalue weighted by Crippen LogP contribution is -2.35. The first kappa shape index (κ1) is 17.8. The largest absolute Gasteiger partial charge is 0.486 e. The van der Waals surface area contributed by atoms with E-state index in [1.165, 1.54) is 0 Å². The second-order valence-corrected chi connectivity index (χ2v) is 6.28. The van der Waals surface area contributed by atoms with Crippen LogP contribution in [-0.4, -0.2) is 30.2 Å². The number of fused-ring (bicyclic) bond motifs is 1. The summed E-state index contributed by atoms with van der Waals surface area (Å²) < 4.78 is 11.0. The molecule has 0 spiro atoms. The van der Waals surface area contributed by atoms with Crippen LogP contribution in [0.25, 0.3) is 0 Å². The zero-order valence-corrected chi connectivity index (χ0v) is 14.7. The Morgan fingerprint density at radius 3 is 2.58 bits per heavy atom. The average molecular weight is 355 g/mol. The molecule has 1 aliphatic rings. The number of rotatable bonds is 5. The highest BCUT2D eigenvalue weighted by Gasteiger charge is 2.24. The van der Waals surface area contributed by atoms with Gasteiger partial charge in [0.25, 0.3) is 0 Å². The summed E-state index contributed by atoms with van der Waals surface area (Å²) in [5.74, 6) is -0.200. The Morgan fingerprint density at radius 1 is 1.12 bits per heavy atom. The molecule has 6 heteroatoms. The Labute approximate surface area is 151 Å². The minimum atomic E-state index is -1.09. The van der Waals surface area contributed by atoms with Crippen molar-refractivity contribution in [1.29, 1.82) is 0 Å². The Kier molecular flexibility index (Phi) is 5.11. The standard InChI is InChI=1S/C20H21NO5/c1-12-4-3-5-15(13(12)2)19(20(23)24)21-18(22)11-14-6-7-16-17(10-14)26-9-8-25-16/h3-7,10,19H,8-9,11H2,1-2H3,(H,21,22)(H,23,24).